The highest BCUT2D eigenvalue weighted by molar-refractivity contribution is 6.09. The minimum Gasteiger partial charge on any atom is -0.287 e. The molecule has 0 radical (unpaired) electrons. The summed E-state index contributed by atoms with van der Waals surface area (Å²) in [5.74, 6) is 0.381. The number of fused-ring (bicyclic) bond motifs is 1. The lowest BCUT2D eigenvalue weighted by Gasteiger charge is -2.12. The maximum atomic E-state index is 12.1. The van der Waals surface area contributed by atoms with Crippen molar-refractivity contribution in [3.05, 3.63) is 57.9 Å². The van der Waals surface area contributed by atoms with Gasteiger partial charge in [0.05, 0.1) is 6.54 Å². The maximum absolute atomic E-state index is 12.1. The summed E-state index contributed by atoms with van der Waals surface area (Å²) in [5, 5.41) is 6.19. The highest BCUT2D eigenvalue weighted by Crippen LogP contribution is 2.25. The topological polar surface area (TPSA) is 66.1 Å². The number of hydrogen-bond acceptors (Lipinski definition) is 3. The summed E-state index contributed by atoms with van der Waals surface area (Å²) < 4.78 is 0. The second kappa shape index (κ2) is 3.55. The van der Waals surface area contributed by atoms with Gasteiger partial charge < -0.3 is 0 Å². The largest absolute Gasteiger partial charge is 0.287 e. The molecular formula is C12H9N3O2. The third-order valence-electron chi connectivity index (χ3n) is 2.76. The van der Waals surface area contributed by atoms with E-state index in [4.69, 9.17) is 0 Å². The van der Waals surface area contributed by atoms with E-state index in [1.165, 1.54) is 6.07 Å². The van der Waals surface area contributed by atoms with Gasteiger partial charge in [-0.1, -0.05) is 18.2 Å². The zero-order valence-corrected chi connectivity index (χ0v) is 8.88. The monoisotopic (exact) mass is 227 g/mol. The van der Waals surface area contributed by atoms with E-state index in [2.05, 4.69) is 10.2 Å². The van der Waals surface area contributed by atoms with Crippen LogP contribution in [-0.4, -0.2) is 16.1 Å². The van der Waals surface area contributed by atoms with Crippen LogP contribution in [0.4, 0.5) is 5.82 Å². The van der Waals surface area contributed by atoms with Crippen molar-refractivity contribution in [1.29, 1.82) is 0 Å². The number of rotatable bonds is 1. The molecule has 17 heavy (non-hydrogen) atoms. The van der Waals surface area contributed by atoms with Gasteiger partial charge in [-0.15, -0.1) is 0 Å². The second-order valence-corrected chi connectivity index (χ2v) is 3.83. The number of hydrogen-bond donors (Lipinski definition) is 1. The Kier molecular flexibility index (Phi) is 2.04. The van der Waals surface area contributed by atoms with Crippen LogP contribution < -0.4 is 10.5 Å². The number of carbonyl (C=O) groups is 1. The van der Waals surface area contributed by atoms with Gasteiger partial charge in [0.25, 0.3) is 11.5 Å². The highest BCUT2D eigenvalue weighted by Gasteiger charge is 2.28. The lowest BCUT2D eigenvalue weighted by atomic mass is 10.1. The summed E-state index contributed by atoms with van der Waals surface area (Å²) in [4.78, 5) is 24.5. The Morgan fingerprint density at radius 2 is 1.94 bits per heavy atom. The zero-order chi connectivity index (χ0) is 11.8. The number of H-pyrrole nitrogens is 1. The van der Waals surface area contributed by atoms with E-state index in [-0.39, 0.29) is 11.5 Å². The minimum absolute atomic E-state index is 0.0832. The van der Waals surface area contributed by atoms with Crippen LogP contribution >= 0.6 is 0 Å². The Hall–Kier alpha value is -2.43. The van der Waals surface area contributed by atoms with Crippen LogP contribution in [0.25, 0.3) is 0 Å². The first kappa shape index (κ1) is 9.77. The summed E-state index contributed by atoms with van der Waals surface area (Å²) in [6, 6.07) is 10.3. The molecule has 0 atom stereocenters. The number of anilines is 1. The molecule has 0 saturated heterocycles. The van der Waals surface area contributed by atoms with Gasteiger partial charge in [-0.25, -0.2) is 5.10 Å². The molecule has 0 saturated carbocycles. The van der Waals surface area contributed by atoms with Crippen molar-refractivity contribution in [3.8, 4) is 0 Å². The first-order valence-electron chi connectivity index (χ1n) is 5.21. The molecule has 84 valence electrons. The van der Waals surface area contributed by atoms with E-state index >= 15 is 0 Å². The number of carbonyl (C=O) groups excluding carboxylic acids is 1. The zero-order valence-electron chi connectivity index (χ0n) is 8.88. The SMILES string of the molecule is O=C1c2ccccc2CN1c1ccc(=O)[nH]n1. The van der Waals surface area contributed by atoms with Gasteiger partial charge in [-0.3, -0.25) is 14.5 Å². The first-order chi connectivity index (χ1) is 8.25. The standard InChI is InChI=1S/C12H9N3O2/c16-11-6-5-10(13-14-11)15-7-8-3-1-2-4-9(8)12(15)17/h1-6H,7H2,(H,14,16). The Labute approximate surface area is 96.7 Å². The van der Waals surface area contributed by atoms with Gasteiger partial charge in [0.2, 0.25) is 0 Å². The number of aromatic nitrogens is 2. The molecule has 1 amide bonds. The van der Waals surface area contributed by atoms with Crippen LogP contribution in [0, 0.1) is 0 Å². The molecule has 5 heteroatoms. The molecule has 0 unspecified atom stereocenters. The predicted molar refractivity (Wildman–Crippen MR) is 61.8 cm³/mol. The Morgan fingerprint density at radius 3 is 2.65 bits per heavy atom. The van der Waals surface area contributed by atoms with E-state index in [0.29, 0.717) is 17.9 Å². The van der Waals surface area contributed by atoms with Gasteiger partial charge in [0, 0.05) is 11.6 Å². The lowest BCUT2D eigenvalue weighted by molar-refractivity contribution is 0.0995. The fourth-order valence-electron chi connectivity index (χ4n) is 1.93. The van der Waals surface area contributed by atoms with Crippen molar-refractivity contribution in [2.24, 2.45) is 0 Å². The molecular weight excluding hydrogens is 218 g/mol. The van der Waals surface area contributed by atoms with E-state index in [1.807, 2.05) is 18.2 Å². The fourth-order valence-corrected chi connectivity index (χ4v) is 1.93. The van der Waals surface area contributed by atoms with Gasteiger partial charge >= 0.3 is 0 Å². The van der Waals surface area contributed by atoms with Crippen LogP contribution in [0.5, 0.6) is 0 Å². The molecule has 0 aliphatic carbocycles. The number of amides is 1. The van der Waals surface area contributed by atoms with Crippen LogP contribution in [0.15, 0.2) is 41.2 Å². The molecule has 0 spiro atoms. The van der Waals surface area contributed by atoms with Crippen molar-refractivity contribution in [2.45, 2.75) is 6.54 Å². The molecule has 1 aliphatic rings. The Balaban J connectivity index is 2.02. The summed E-state index contributed by atoms with van der Waals surface area (Å²) in [6.45, 7) is 0.494. The summed E-state index contributed by atoms with van der Waals surface area (Å²) in [5.41, 5.74) is 1.39. The molecule has 5 nitrogen and oxygen atoms in total. The van der Waals surface area contributed by atoms with Crippen LogP contribution in [-0.2, 0) is 6.54 Å². The van der Waals surface area contributed by atoms with Gasteiger partial charge in [-0.05, 0) is 17.7 Å². The molecule has 0 bridgehead atoms. The third kappa shape index (κ3) is 1.52. The van der Waals surface area contributed by atoms with E-state index in [1.54, 1.807) is 17.0 Å². The number of nitrogens with one attached hydrogen (secondary N) is 1. The van der Waals surface area contributed by atoms with E-state index in [0.717, 1.165) is 5.56 Å². The van der Waals surface area contributed by atoms with Gasteiger partial charge in [0.1, 0.15) is 0 Å². The summed E-state index contributed by atoms with van der Waals surface area (Å²) in [7, 11) is 0. The van der Waals surface area contributed by atoms with Crippen molar-refractivity contribution in [2.75, 3.05) is 4.90 Å². The number of nitrogens with zero attached hydrogens (tertiary/aromatic N) is 2. The summed E-state index contributed by atoms with van der Waals surface area (Å²) >= 11 is 0. The molecule has 0 fully saturated rings. The first-order valence-corrected chi connectivity index (χ1v) is 5.21. The van der Waals surface area contributed by atoms with E-state index < -0.39 is 0 Å². The molecule has 3 rings (SSSR count). The maximum Gasteiger partial charge on any atom is 0.264 e. The van der Waals surface area contributed by atoms with Crippen molar-refractivity contribution >= 4 is 11.7 Å². The van der Waals surface area contributed by atoms with Crippen LogP contribution in [0.1, 0.15) is 15.9 Å². The van der Waals surface area contributed by atoms with Gasteiger partial charge in [-0.2, -0.15) is 5.10 Å². The average molecular weight is 227 g/mol. The molecule has 2 aromatic rings. The number of benzene rings is 1. The number of aromatic amines is 1. The van der Waals surface area contributed by atoms with Crippen LogP contribution in [0.3, 0.4) is 0 Å². The summed E-state index contributed by atoms with van der Waals surface area (Å²) in [6.07, 6.45) is 0. The fraction of sp³-hybridized carbons (Fsp3) is 0.0833. The van der Waals surface area contributed by atoms with Crippen molar-refractivity contribution in [3.63, 3.8) is 0 Å². The predicted octanol–water partition coefficient (Wildman–Crippen LogP) is 0.930. The van der Waals surface area contributed by atoms with Crippen LogP contribution in [0.2, 0.25) is 0 Å². The molecule has 2 heterocycles. The molecule has 1 aromatic heterocycles. The molecule has 1 N–H and O–H groups in total. The van der Waals surface area contributed by atoms with Gasteiger partial charge in [0.15, 0.2) is 5.82 Å². The lowest BCUT2D eigenvalue weighted by Crippen LogP contribution is -2.25. The minimum atomic E-state index is -0.280. The average Bonchev–Trinajstić information content (AvgIpc) is 2.69. The Bertz CT molecular complexity index is 628. The smallest absolute Gasteiger partial charge is 0.264 e. The normalized spacial score (nSPS) is 13.9. The molecule has 1 aromatic carbocycles. The highest BCUT2D eigenvalue weighted by atomic mass is 16.2. The third-order valence-corrected chi connectivity index (χ3v) is 2.76. The second-order valence-electron chi connectivity index (χ2n) is 3.83. The van der Waals surface area contributed by atoms with Crippen molar-refractivity contribution in [1.82, 2.24) is 10.2 Å². The van der Waals surface area contributed by atoms with Crippen molar-refractivity contribution < 1.29 is 4.79 Å². The molecule has 1 aliphatic heterocycles. The quantitative estimate of drug-likeness (QED) is 0.788. The van der Waals surface area contributed by atoms with E-state index in [9.17, 15) is 9.59 Å². The Morgan fingerprint density at radius 1 is 1.12 bits per heavy atom.